The van der Waals surface area contributed by atoms with Crippen LogP contribution in [0.15, 0.2) is 60.4 Å². The molecule has 0 aliphatic heterocycles. The average molecular weight is 309 g/mol. The summed E-state index contributed by atoms with van der Waals surface area (Å²) in [5, 5.41) is 24.9. The van der Waals surface area contributed by atoms with E-state index in [0.717, 1.165) is 0 Å². The Morgan fingerprint density at radius 3 is 2.78 bits per heavy atom. The molecule has 0 saturated carbocycles. The second-order valence-corrected chi connectivity index (χ2v) is 4.29. The SMILES string of the molecule is N#C/C(=C/Nc1ccccn1)C(=O)Nc1cccc([N+](=O)[O-])c1. The summed E-state index contributed by atoms with van der Waals surface area (Å²) in [7, 11) is 0. The number of carbonyl (C=O) groups is 1. The van der Waals surface area contributed by atoms with E-state index in [-0.39, 0.29) is 16.9 Å². The standard InChI is InChI=1S/C15H11N5O3/c16-9-11(10-18-14-6-1-2-7-17-14)15(21)19-12-4-3-5-13(8-12)20(22)23/h1-8,10H,(H,17,18)(H,19,21)/b11-10-. The van der Waals surface area contributed by atoms with Crippen LogP contribution in [0.1, 0.15) is 0 Å². The van der Waals surface area contributed by atoms with Crippen LogP contribution < -0.4 is 10.6 Å². The van der Waals surface area contributed by atoms with E-state index in [2.05, 4.69) is 15.6 Å². The number of hydrogen-bond acceptors (Lipinski definition) is 6. The van der Waals surface area contributed by atoms with Crippen molar-refractivity contribution in [2.75, 3.05) is 10.6 Å². The van der Waals surface area contributed by atoms with Crippen molar-refractivity contribution in [3.63, 3.8) is 0 Å². The first-order chi connectivity index (χ1) is 11.1. The number of nitrogens with zero attached hydrogens (tertiary/aromatic N) is 3. The van der Waals surface area contributed by atoms with Crippen molar-refractivity contribution in [2.45, 2.75) is 0 Å². The zero-order chi connectivity index (χ0) is 16.7. The van der Waals surface area contributed by atoms with Crippen LogP contribution in [-0.2, 0) is 4.79 Å². The number of benzene rings is 1. The van der Waals surface area contributed by atoms with Gasteiger partial charge in [-0.1, -0.05) is 12.1 Å². The van der Waals surface area contributed by atoms with Crippen LogP contribution in [-0.4, -0.2) is 15.8 Å². The Balaban J connectivity index is 2.10. The van der Waals surface area contributed by atoms with Crippen molar-refractivity contribution in [3.05, 3.63) is 70.5 Å². The molecule has 1 aromatic heterocycles. The van der Waals surface area contributed by atoms with Gasteiger partial charge < -0.3 is 10.6 Å². The number of pyridine rings is 1. The zero-order valence-electron chi connectivity index (χ0n) is 11.8. The number of nitriles is 1. The van der Waals surface area contributed by atoms with E-state index in [9.17, 15) is 14.9 Å². The van der Waals surface area contributed by atoms with Gasteiger partial charge >= 0.3 is 0 Å². The molecule has 0 atom stereocenters. The molecule has 23 heavy (non-hydrogen) atoms. The van der Waals surface area contributed by atoms with Gasteiger partial charge in [0.2, 0.25) is 0 Å². The van der Waals surface area contributed by atoms with Crippen LogP contribution in [0.3, 0.4) is 0 Å². The summed E-state index contributed by atoms with van der Waals surface area (Å²) >= 11 is 0. The van der Waals surface area contributed by atoms with Crippen molar-refractivity contribution in [1.82, 2.24) is 4.98 Å². The first kappa shape index (κ1) is 15.7. The Hall–Kier alpha value is -3.73. The second kappa shape index (κ2) is 7.33. The Bertz CT molecular complexity index is 796. The highest BCUT2D eigenvalue weighted by molar-refractivity contribution is 6.06. The number of rotatable bonds is 5. The molecule has 114 valence electrons. The Kier molecular flexibility index (Phi) is 4.99. The minimum atomic E-state index is -0.684. The number of nitrogens with one attached hydrogen (secondary N) is 2. The molecule has 0 aliphatic rings. The van der Waals surface area contributed by atoms with Crippen LogP contribution in [0.4, 0.5) is 17.2 Å². The van der Waals surface area contributed by atoms with E-state index in [1.54, 1.807) is 30.5 Å². The van der Waals surface area contributed by atoms with Crippen molar-refractivity contribution in [2.24, 2.45) is 0 Å². The van der Waals surface area contributed by atoms with Gasteiger partial charge in [-0.25, -0.2) is 4.98 Å². The monoisotopic (exact) mass is 309 g/mol. The summed E-state index contributed by atoms with van der Waals surface area (Å²) in [6.45, 7) is 0. The molecule has 0 unspecified atom stereocenters. The number of nitro groups is 1. The normalized spacial score (nSPS) is 10.5. The number of carbonyl (C=O) groups excluding carboxylic acids is 1. The van der Waals surface area contributed by atoms with Gasteiger partial charge in [0.1, 0.15) is 17.5 Å². The summed E-state index contributed by atoms with van der Waals surface area (Å²) in [6, 6.07) is 12.3. The first-order valence-corrected chi connectivity index (χ1v) is 6.44. The van der Waals surface area contributed by atoms with Gasteiger partial charge in [0, 0.05) is 30.2 Å². The molecule has 0 radical (unpaired) electrons. The van der Waals surface area contributed by atoms with Gasteiger partial charge in [-0.05, 0) is 18.2 Å². The van der Waals surface area contributed by atoms with Crippen molar-refractivity contribution >= 4 is 23.1 Å². The molecule has 2 rings (SSSR count). The van der Waals surface area contributed by atoms with Crippen LogP contribution in [0, 0.1) is 21.4 Å². The van der Waals surface area contributed by atoms with Gasteiger partial charge in [0.15, 0.2) is 0 Å². The lowest BCUT2D eigenvalue weighted by atomic mass is 10.2. The molecule has 1 aromatic carbocycles. The average Bonchev–Trinajstić information content (AvgIpc) is 2.56. The molecular weight excluding hydrogens is 298 g/mol. The number of nitro benzene ring substituents is 1. The van der Waals surface area contributed by atoms with Gasteiger partial charge in [-0.2, -0.15) is 5.26 Å². The molecule has 2 aromatic rings. The molecule has 0 aliphatic carbocycles. The second-order valence-electron chi connectivity index (χ2n) is 4.29. The maximum Gasteiger partial charge on any atom is 0.271 e. The van der Waals surface area contributed by atoms with E-state index < -0.39 is 10.8 Å². The minimum Gasteiger partial charge on any atom is -0.345 e. The van der Waals surface area contributed by atoms with E-state index >= 15 is 0 Å². The highest BCUT2D eigenvalue weighted by atomic mass is 16.6. The first-order valence-electron chi connectivity index (χ1n) is 6.44. The van der Waals surface area contributed by atoms with Crippen molar-refractivity contribution in [1.29, 1.82) is 5.26 Å². The van der Waals surface area contributed by atoms with Crippen LogP contribution >= 0.6 is 0 Å². The number of amides is 1. The summed E-state index contributed by atoms with van der Waals surface area (Å²) in [5.41, 5.74) is -0.123. The molecule has 0 bridgehead atoms. The quantitative estimate of drug-likeness (QED) is 0.379. The summed E-state index contributed by atoms with van der Waals surface area (Å²) < 4.78 is 0. The predicted molar refractivity (Wildman–Crippen MR) is 83.3 cm³/mol. The smallest absolute Gasteiger partial charge is 0.271 e. The maximum absolute atomic E-state index is 12.0. The highest BCUT2D eigenvalue weighted by Crippen LogP contribution is 2.17. The van der Waals surface area contributed by atoms with Gasteiger partial charge in [0.25, 0.3) is 11.6 Å². The maximum atomic E-state index is 12.0. The predicted octanol–water partition coefficient (Wildman–Crippen LogP) is 2.45. The minimum absolute atomic E-state index is 0.156. The topological polar surface area (TPSA) is 121 Å². The van der Waals surface area contributed by atoms with Crippen LogP contribution in [0.25, 0.3) is 0 Å². The molecule has 0 saturated heterocycles. The lowest BCUT2D eigenvalue weighted by Crippen LogP contribution is -2.14. The summed E-state index contributed by atoms with van der Waals surface area (Å²) in [6.07, 6.45) is 2.78. The van der Waals surface area contributed by atoms with Gasteiger partial charge in [-0.15, -0.1) is 0 Å². The molecule has 0 spiro atoms. The Labute approximate surface area is 131 Å². The number of non-ortho nitro benzene ring substituents is 1. The van der Waals surface area contributed by atoms with Crippen molar-refractivity contribution < 1.29 is 9.72 Å². The van der Waals surface area contributed by atoms with Crippen molar-refractivity contribution in [3.8, 4) is 6.07 Å². The molecule has 8 nitrogen and oxygen atoms in total. The Morgan fingerprint density at radius 2 is 2.13 bits per heavy atom. The fourth-order valence-electron chi connectivity index (χ4n) is 1.64. The third-order valence-electron chi connectivity index (χ3n) is 2.71. The Morgan fingerprint density at radius 1 is 1.30 bits per heavy atom. The van der Waals surface area contributed by atoms with E-state index in [1.807, 2.05) is 0 Å². The molecule has 1 heterocycles. The molecule has 8 heteroatoms. The fourth-order valence-corrected chi connectivity index (χ4v) is 1.64. The number of aromatic nitrogens is 1. The van der Waals surface area contributed by atoms with E-state index in [4.69, 9.17) is 5.26 Å². The largest absolute Gasteiger partial charge is 0.345 e. The molecule has 0 fully saturated rings. The van der Waals surface area contributed by atoms with Crippen LogP contribution in [0.5, 0.6) is 0 Å². The summed E-state index contributed by atoms with van der Waals surface area (Å²) in [5.74, 6) is -0.208. The van der Waals surface area contributed by atoms with Crippen LogP contribution in [0.2, 0.25) is 0 Å². The fraction of sp³-hybridized carbons (Fsp3) is 0. The third-order valence-corrected chi connectivity index (χ3v) is 2.71. The third kappa shape index (κ3) is 4.37. The van der Waals surface area contributed by atoms with E-state index in [1.165, 1.54) is 30.5 Å². The zero-order valence-corrected chi connectivity index (χ0v) is 11.8. The number of anilines is 2. The summed E-state index contributed by atoms with van der Waals surface area (Å²) in [4.78, 5) is 26.1. The lowest BCUT2D eigenvalue weighted by molar-refractivity contribution is -0.384. The molecule has 2 N–H and O–H groups in total. The lowest BCUT2D eigenvalue weighted by Gasteiger charge is -2.04. The molecule has 1 amide bonds. The van der Waals surface area contributed by atoms with E-state index in [0.29, 0.717) is 5.82 Å². The van der Waals surface area contributed by atoms with Gasteiger partial charge in [-0.3, -0.25) is 14.9 Å². The highest BCUT2D eigenvalue weighted by Gasteiger charge is 2.12. The van der Waals surface area contributed by atoms with Gasteiger partial charge in [0.05, 0.1) is 4.92 Å². The number of hydrogen-bond donors (Lipinski definition) is 2. The molecular formula is C15H11N5O3.